The molecule has 1 aromatic carbocycles. The zero-order chi connectivity index (χ0) is 12.4. The minimum absolute atomic E-state index is 0.123. The van der Waals surface area contributed by atoms with Crippen molar-refractivity contribution in [3.63, 3.8) is 0 Å². The second kappa shape index (κ2) is 4.75. The summed E-state index contributed by atoms with van der Waals surface area (Å²) in [5.74, 6) is 0.608. The molecule has 1 aliphatic rings. The SMILES string of the molecule is CNC(=O)C(C)Oc1ccc2c(c1)CC[C@@H]2N. The van der Waals surface area contributed by atoms with Crippen LogP contribution in [0.15, 0.2) is 18.2 Å². The monoisotopic (exact) mass is 234 g/mol. The Labute approximate surface area is 101 Å². The summed E-state index contributed by atoms with van der Waals surface area (Å²) in [5, 5.41) is 2.56. The van der Waals surface area contributed by atoms with Crippen molar-refractivity contribution < 1.29 is 9.53 Å². The Balaban J connectivity index is 2.11. The van der Waals surface area contributed by atoms with E-state index in [1.165, 1.54) is 11.1 Å². The number of ether oxygens (including phenoxy) is 1. The highest BCUT2D eigenvalue weighted by atomic mass is 16.5. The van der Waals surface area contributed by atoms with Crippen LogP contribution in [0, 0.1) is 0 Å². The Hall–Kier alpha value is -1.55. The van der Waals surface area contributed by atoms with E-state index in [1.54, 1.807) is 14.0 Å². The van der Waals surface area contributed by atoms with Crippen molar-refractivity contribution in [3.8, 4) is 5.75 Å². The fraction of sp³-hybridized carbons (Fsp3) is 0.462. The Morgan fingerprint density at radius 2 is 2.35 bits per heavy atom. The molecule has 3 N–H and O–H groups in total. The van der Waals surface area contributed by atoms with Crippen LogP contribution in [0.5, 0.6) is 5.75 Å². The van der Waals surface area contributed by atoms with Gasteiger partial charge in [-0.3, -0.25) is 4.79 Å². The van der Waals surface area contributed by atoms with E-state index < -0.39 is 6.10 Å². The van der Waals surface area contributed by atoms with Crippen molar-refractivity contribution >= 4 is 5.91 Å². The third kappa shape index (κ3) is 2.42. The molecule has 0 bridgehead atoms. The summed E-state index contributed by atoms with van der Waals surface area (Å²) >= 11 is 0. The largest absolute Gasteiger partial charge is 0.481 e. The third-order valence-corrected chi connectivity index (χ3v) is 3.17. The highest BCUT2D eigenvalue weighted by Crippen LogP contribution is 2.32. The van der Waals surface area contributed by atoms with Gasteiger partial charge in [-0.25, -0.2) is 0 Å². The maximum atomic E-state index is 11.3. The van der Waals surface area contributed by atoms with Crippen LogP contribution in [0.1, 0.15) is 30.5 Å². The van der Waals surface area contributed by atoms with E-state index in [0.717, 1.165) is 18.6 Å². The molecule has 1 amide bonds. The van der Waals surface area contributed by atoms with Crippen LogP contribution in [-0.2, 0) is 11.2 Å². The number of nitrogens with one attached hydrogen (secondary N) is 1. The number of carbonyl (C=O) groups is 1. The highest BCUT2D eigenvalue weighted by Gasteiger charge is 2.20. The average Bonchev–Trinajstić information content (AvgIpc) is 2.69. The Morgan fingerprint density at radius 1 is 1.59 bits per heavy atom. The number of rotatable bonds is 3. The minimum atomic E-state index is -0.479. The van der Waals surface area contributed by atoms with E-state index in [1.807, 2.05) is 18.2 Å². The molecule has 2 rings (SSSR count). The summed E-state index contributed by atoms with van der Waals surface area (Å²) in [5.41, 5.74) is 8.40. The lowest BCUT2D eigenvalue weighted by molar-refractivity contribution is -0.126. The van der Waals surface area contributed by atoms with E-state index in [9.17, 15) is 4.79 Å². The van der Waals surface area contributed by atoms with Gasteiger partial charge in [-0.2, -0.15) is 0 Å². The molecule has 2 atom stereocenters. The summed E-state index contributed by atoms with van der Waals surface area (Å²) in [7, 11) is 1.60. The molecule has 0 heterocycles. The number of aryl methyl sites for hydroxylation is 1. The molecule has 1 aliphatic carbocycles. The molecule has 4 nitrogen and oxygen atoms in total. The fourth-order valence-electron chi connectivity index (χ4n) is 2.16. The first kappa shape index (κ1) is 11.9. The van der Waals surface area contributed by atoms with Gasteiger partial charge in [-0.15, -0.1) is 0 Å². The fourth-order valence-corrected chi connectivity index (χ4v) is 2.16. The van der Waals surface area contributed by atoms with Crippen molar-refractivity contribution in [2.75, 3.05) is 7.05 Å². The second-order valence-corrected chi connectivity index (χ2v) is 4.38. The second-order valence-electron chi connectivity index (χ2n) is 4.38. The van der Waals surface area contributed by atoms with E-state index in [2.05, 4.69) is 5.32 Å². The van der Waals surface area contributed by atoms with E-state index >= 15 is 0 Å². The van der Waals surface area contributed by atoms with Crippen LogP contribution in [-0.4, -0.2) is 19.1 Å². The molecule has 0 aromatic heterocycles. The number of benzene rings is 1. The molecule has 1 aromatic rings. The molecular formula is C13H18N2O2. The zero-order valence-electron chi connectivity index (χ0n) is 10.2. The van der Waals surface area contributed by atoms with Crippen molar-refractivity contribution in [1.82, 2.24) is 5.32 Å². The van der Waals surface area contributed by atoms with Gasteiger partial charge >= 0.3 is 0 Å². The van der Waals surface area contributed by atoms with Crippen molar-refractivity contribution in [3.05, 3.63) is 29.3 Å². The molecule has 0 fully saturated rings. The van der Waals surface area contributed by atoms with Crippen LogP contribution >= 0.6 is 0 Å². The van der Waals surface area contributed by atoms with Crippen molar-refractivity contribution in [2.45, 2.75) is 31.9 Å². The normalized spacial score (nSPS) is 19.6. The summed E-state index contributed by atoms with van der Waals surface area (Å²) in [6.07, 6.45) is 1.50. The number of amides is 1. The highest BCUT2D eigenvalue weighted by molar-refractivity contribution is 5.80. The summed E-state index contributed by atoms with van der Waals surface area (Å²) in [6.45, 7) is 1.73. The third-order valence-electron chi connectivity index (χ3n) is 3.17. The maximum Gasteiger partial charge on any atom is 0.260 e. The number of carbonyl (C=O) groups excluding carboxylic acids is 1. The van der Waals surface area contributed by atoms with E-state index in [-0.39, 0.29) is 11.9 Å². The molecule has 0 saturated carbocycles. The van der Waals surface area contributed by atoms with Gasteiger partial charge in [0.15, 0.2) is 6.10 Å². The van der Waals surface area contributed by atoms with Crippen LogP contribution in [0.4, 0.5) is 0 Å². The number of hydrogen-bond acceptors (Lipinski definition) is 3. The molecule has 17 heavy (non-hydrogen) atoms. The minimum Gasteiger partial charge on any atom is -0.481 e. The van der Waals surface area contributed by atoms with Crippen molar-refractivity contribution in [2.24, 2.45) is 5.73 Å². The van der Waals surface area contributed by atoms with Gasteiger partial charge in [0.2, 0.25) is 0 Å². The van der Waals surface area contributed by atoms with Crippen molar-refractivity contribution in [1.29, 1.82) is 0 Å². The topological polar surface area (TPSA) is 64.3 Å². The Kier molecular flexibility index (Phi) is 3.33. The molecule has 0 saturated heterocycles. The first-order valence-electron chi connectivity index (χ1n) is 5.88. The molecule has 0 aliphatic heterocycles. The average molecular weight is 234 g/mol. The lowest BCUT2D eigenvalue weighted by Gasteiger charge is -2.14. The van der Waals surface area contributed by atoms with Gasteiger partial charge in [0, 0.05) is 13.1 Å². The van der Waals surface area contributed by atoms with Gasteiger partial charge in [-0.1, -0.05) is 6.07 Å². The summed E-state index contributed by atoms with van der Waals surface area (Å²) < 4.78 is 5.57. The predicted octanol–water partition coefficient (Wildman–Crippen LogP) is 1.15. The summed E-state index contributed by atoms with van der Waals surface area (Å²) in [4.78, 5) is 11.3. The lowest BCUT2D eigenvalue weighted by Crippen LogP contribution is -2.33. The molecular weight excluding hydrogens is 216 g/mol. The van der Waals surface area contributed by atoms with Crippen LogP contribution in [0.3, 0.4) is 0 Å². The quantitative estimate of drug-likeness (QED) is 0.824. The molecule has 0 spiro atoms. The van der Waals surface area contributed by atoms with Gasteiger partial charge < -0.3 is 15.8 Å². The van der Waals surface area contributed by atoms with Gasteiger partial charge in [0.05, 0.1) is 0 Å². The molecule has 0 radical (unpaired) electrons. The Bertz CT molecular complexity index is 431. The molecule has 92 valence electrons. The number of fused-ring (bicyclic) bond motifs is 1. The van der Waals surface area contributed by atoms with Gasteiger partial charge in [-0.05, 0) is 43.0 Å². The number of nitrogens with two attached hydrogens (primary N) is 1. The Morgan fingerprint density at radius 3 is 3.06 bits per heavy atom. The smallest absolute Gasteiger partial charge is 0.260 e. The standard InChI is InChI=1S/C13H18N2O2/c1-8(13(16)15-2)17-10-4-5-11-9(7-10)3-6-12(11)14/h4-5,7-8,12H,3,6,14H2,1-2H3,(H,15,16)/t8?,12-/m0/s1. The van der Waals surface area contributed by atoms with E-state index in [0.29, 0.717) is 0 Å². The molecule has 4 heteroatoms. The zero-order valence-corrected chi connectivity index (χ0v) is 10.2. The first-order valence-corrected chi connectivity index (χ1v) is 5.88. The van der Waals surface area contributed by atoms with Crippen LogP contribution in [0.2, 0.25) is 0 Å². The van der Waals surface area contributed by atoms with Gasteiger partial charge in [0.1, 0.15) is 5.75 Å². The van der Waals surface area contributed by atoms with Crippen LogP contribution in [0.25, 0.3) is 0 Å². The first-order chi connectivity index (χ1) is 8.11. The number of hydrogen-bond donors (Lipinski definition) is 2. The lowest BCUT2D eigenvalue weighted by atomic mass is 10.1. The summed E-state index contributed by atoms with van der Waals surface area (Å²) in [6, 6.07) is 6.01. The molecule has 1 unspecified atom stereocenters. The van der Waals surface area contributed by atoms with Crippen LogP contribution < -0.4 is 15.8 Å². The van der Waals surface area contributed by atoms with Gasteiger partial charge in [0.25, 0.3) is 5.91 Å². The number of likely N-dealkylation sites (N-methyl/N-ethyl adjacent to an activating group) is 1. The van der Waals surface area contributed by atoms with E-state index in [4.69, 9.17) is 10.5 Å². The predicted molar refractivity (Wildman–Crippen MR) is 65.8 cm³/mol. The maximum absolute atomic E-state index is 11.3.